The first-order chi connectivity index (χ1) is 33.3. The summed E-state index contributed by atoms with van der Waals surface area (Å²) in [6.45, 7) is 16.2. The Morgan fingerprint density at radius 1 is 0.449 bits per heavy atom. The maximum Gasteiger partial charge on any atom is 0.252 e. The van der Waals surface area contributed by atoms with Crippen LogP contribution in [0, 0.1) is 6.92 Å². The SMILES string of the molecule is Cc1cc2c3c(c1)N(c1cc4c(cc1-c1ccccc1)OCO4)c1ccc(C(C)(C)C)cc1B3c1cc(C(C)(C)C)ccc1N2c1cc(-c2cc3ccccc3o2)cc(-c2cc3ccccc3o2)c1. The van der Waals surface area contributed by atoms with E-state index in [0.717, 1.165) is 107 Å². The fourth-order valence-corrected chi connectivity index (χ4v) is 10.9. The molecule has 0 saturated carbocycles. The van der Waals surface area contributed by atoms with E-state index in [-0.39, 0.29) is 24.3 Å². The fourth-order valence-electron chi connectivity index (χ4n) is 10.9. The Hall–Kier alpha value is -7.90. The number of para-hydroxylation sites is 2. The molecule has 0 bridgehead atoms. The summed E-state index contributed by atoms with van der Waals surface area (Å²) in [5, 5.41) is 2.12. The minimum atomic E-state index is -0.0974. The molecule has 0 aliphatic carbocycles. The highest BCUT2D eigenvalue weighted by molar-refractivity contribution is 7.00. The van der Waals surface area contributed by atoms with E-state index in [0.29, 0.717) is 0 Å². The summed E-state index contributed by atoms with van der Waals surface area (Å²) in [7, 11) is 0. The first-order valence-electron chi connectivity index (χ1n) is 24.0. The summed E-state index contributed by atoms with van der Waals surface area (Å²) in [6.07, 6.45) is 0. The largest absolute Gasteiger partial charge is 0.456 e. The molecule has 5 heterocycles. The zero-order valence-electron chi connectivity index (χ0n) is 40.0. The number of hydrogen-bond donors (Lipinski definition) is 0. The predicted octanol–water partition coefficient (Wildman–Crippen LogP) is 14.9. The van der Waals surface area contributed by atoms with Gasteiger partial charge in [-0.1, -0.05) is 133 Å². The van der Waals surface area contributed by atoms with E-state index < -0.39 is 0 Å². The Morgan fingerprint density at radius 2 is 0.971 bits per heavy atom. The average Bonchev–Trinajstić information content (AvgIpc) is 4.12. The lowest BCUT2D eigenvalue weighted by Gasteiger charge is -2.45. The maximum absolute atomic E-state index is 6.67. The van der Waals surface area contributed by atoms with Gasteiger partial charge in [-0.2, -0.15) is 0 Å². The third-order valence-electron chi connectivity index (χ3n) is 14.4. The van der Waals surface area contributed by atoms with Crippen molar-refractivity contribution in [2.75, 3.05) is 16.6 Å². The minimum absolute atomic E-state index is 0.0831. The van der Waals surface area contributed by atoms with Crippen LogP contribution >= 0.6 is 0 Å². The molecule has 2 aromatic heterocycles. The number of fused-ring (bicyclic) bond motifs is 7. The van der Waals surface area contributed by atoms with Crippen LogP contribution in [0.5, 0.6) is 11.5 Å². The second-order valence-electron chi connectivity index (χ2n) is 21.0. The van der Waals surface area contributed by atoms with E-state index in [1.165, 1.54) is 27.5 Å². The van der Waals surface area contributed by atoms with Gasteiger partial charge in [-0.3, -0.25) is 0 Å². The number of nitrogens with zero attached hydrogens (tertiary/aromatic N) is 2. The zero-order valence-corrected chi connectivity index (χ0v) is 40.0. The third kappa shape index (κ3) is 6.69. The van der Waals surface area contributed by atoms with Crippen molar-refractivity contribution in [1.82, 2.24) is 0 Å². The van der Waals surface area contributed by atoms with E-state index in [1.54, 1.807) is 0 Å². The van der Waals surface area contributed by atoms with E-state index >= 15 is 0 Å². The normalized spacial score (nSPS) is 13.8. The number of furan rings is 2. The molecule has 6 nitrogen and oxygen atoms in total. The number of anilines is 6. The van der Waals surface area contributed by atoms with Crippen LogP contribution < -0.4 is 35.7 Å². The second kappa shape index (κ2) is 15.1. The molecule has 336 valence electrons. The lowest BCUT2D eigenvalue weighted by Crippen LogP contribution is -2.61. The molecule has 0 fully saturated rings. The number of benzene rings is 8. The van der Waals surface area contributed by atoms with Crippen molar-refractivity contribution in [3.63, 3.8) is 0 Å². The van der Waals surface area contributed by atoms with Crippen molar-refractivity contribution in [3.05, 3.63) is 187 Å². The monoisotopic (exact) mass is 898 g/mol. The highest BCUT2D eigenvalue weighted by Crippen LogP contribution is 2.51. The third-order valence-corrected chi connectivity index (χ3v) is 14.4. The van der Waals surface area contributed by atoms with Gasteiger partial charge in [0, 0.05) is 62.0 Å². The van der Waals surface area contributed by atoms with E-state index in [2.05, 4.69) is 204 Å². The quantitative estimate of drug-likeness (QED) is 0.160. The van der Waals surface area contributed by atoms with Crippen molar-refractivity contribution in [3.8, 4) is 45.3 Å². The molecule has 0 atom stereocenters. The fraction of sp³-hybridized carbons (Fsp3) is 0.161. The Kier molecular flexibility index (Phi) is 9.01. The molecule has 3 aliphatic heterocycles. The van der Waals surface area contributed by atoms with Gasteiger partial charge >= 0.3 is 0 Å². The Balaban J connectivity index is 1.13. The van der Waals surface area contributed by atoms with Crippen molar-refractivity contribution < 1.29 is 18.3 Å². The van der Waals surface area contributed by atoms with Gasteiger partial charge in [-0.25, -0.2) is 0 Å². The van der Waals surface area contributed by atoms with E-state index in [9.17, 15) is 0 Å². The molecule has 7 heteroatoms. The molecule has 10 aromatic rings. The van der Waals surface area contributed by atoms with Gasteiger partial charge < -0.3 is 28.1 Å². The Morgan fingerprint density at radius 3 is 1.54 bits per heavy atom. The molecule has 0 saturated heterocycles. The molecule has 0 unspecified atom stereocenters. The molecule has 0 radical (unpaired) electrons. The maximum atomic E-state index is 6.67. The number of aryl methyl sites for hydroxylation is 1. The van der Waals surface area contributed by atoms with Crippen LogP contribution in [0.1, 0.15) is 58.2 Å². The van der Waals surface area contributed by atoms with Gasteiger partial charge in [-0.05, 0) is 129 Å². The number of ether oxygens (including phenoxy) is 2. The summed E-state index contributed by atoms with van der Waals surface area (Å²) in [6, 6.07) is 61.7. The van der Waals surface area contributed by atoms with E-state index in [4.69, 9.17) is 18.3 Å². The summed E-state index contributed by atoms with van der Waals surface area (Å²) >= 11 is 0. The summed E-state index contributed by atoms with van der Waals surface area (Å²) < 4.78 is 25.6. The lowest BCUT2D eigenvalue weighted by molar-refractivity contribution is 0.174. The zero-order chi connectivity index (χ0) is 46.9. The topological polar surface area (TPSA) is 51.2 Å². The van der Waals surface area contributed by atoms with Crippen molar-refractivity contribution >= 4 is 79.2 Å². The molecule has 0 spiro atoms. The van der Waals surface area contributed by atoms with Gasteiger partial charge in [0.2, 0.25) is 6.79 Å². The molecular weight excluding hydrogens is 848 g/mol. The highest BCUT2D eigenvalue weighted by atomic mass is 16.7. The summed E-state index contributed by atoms with van der Waals surface area (Å²) in [4.78, 5) is 4.99. The molecule has 8 aromatic carbocycles. The molecular formula is C62H51BN2O4. The van der Waals surface area contributed by atoms with Crippen molar-refractivity contribution in [1.29, 1.82) is 0 Å². The summed E-state index contributed by atoms with van der Waals surface area (Å²) in [5.41, 5.74) is 19.7. The molecule has 0 amide bonds. The Labute approximate surface area is 403 Å². The van der Waals surface area contributed by atoms with Crippen LogP contribution in [0.25, 0.3) is 55.7 Å². The second-order valence-corrected chi connectivity index (χ2v) is 21.0. The van der Waals surface area contributed by atoms with Gasteiger partial charge in [0.05, 0.1) is 5.69 Å². The van der Waals surface area contributed by atoms with Crippen LogP contribution in [-0.2, 0) is 10.8 Å². The van der Waals surface area contributed by atoms with Crippen molar-refractivity contribution in [2.45, 2.75) is 59.3 Å². The number of rotatable bonds is 5. The predicted molar refractivity (Wildman–Crippen MR) is 285 cm³/mol. The van der Waals surface area contributed by atoms with Crippen LogP contribution in [0.15, 0.2) is 179 Å². The van der Waals surface area contributed by atoms with Gasteiger partial charge in [0.1, 0.15) is 22.7 Å². The van der Waals surface area contributed by atoms with Crippen molar-refractivity contribution in [2.24, 2.45) is 0 Å². The van der Waals surface area contributed by atoms with Crippen LogP contribution in [0.3, 0.4) is 0 Å². The highest BCUT2D eigenvalue weighted by Gasteiger charge is 2.45. The standard InChI is InChI=1S/C62H51BN2O4/c1-37-25-52-60-53(26-37)65(51-35-59-58(66-36-67-59)34-46(51)38-15-9-8-10-16-38)50-24-22-44(62(5,6)7)33-48(50)63(60)47-32-43(61(2,3)4)21-23-49(47)64(52)45-28-41(56-30-39-17-11-13-19-54(39)68-56)27-42(29-45)57-31-40-18-12-14-20-55(40)69-57/h8-35H,36H2,1-7H3. The number of hydrogen-bond acceptors (Lipinski definition) is 6. The molecule has 13 rings (SSSR count). The van der Waals surface area contributed by atoms with Crippen LogP contribution in [0.2, 0.25) is 0 Å². The van der Waals surface area contributed by atoms with Crippen LogP contribution in [-0.4, -0.2) is 13.5 Å². The molecule has 3 aliphatic rings. The Bertz CT molecular complexity index is 3560. The first kappa shape index (κ1) is 41.3. The van der Waals surface area contributed by atoms with Gasteiger partial charge in [0.25, 0.3) is 6.71 Å². The molecule has 0 N–H and O–H groups in total. The first-order valence-corrected chi connectivity index (χ1v) is 24.0. The van der Waals surface area contributed by atoms with Gasteiger partial charge in [0.15, 0.2) is 11.5 Å². The van der Waals surface area contributed by atoms with Gasteiger partial charge in [-0.15, -0.1) is 0 Å². The summed E-state index contributed by atoms with van der Waals surface area (Å²) in [5.74, 6) is 3.09. The minimum Gasteiger partial charge on any atom is -0.456 e. The average molecular weight is 899 g/mol. The van der Waals surface area contributed by atoms with E-state index in [1.807, 2.05) is 24.3 Å². The van der Waals surface area contributed by atoms with Crippen LogP contribution in [0.4, 0.5) is 34.1 Å². The lowest BCUT2D eigenvalue weighted by atomic mass is 9.33. The molecule has 69 heavy (non-hydrogen) atoms. The smallest absolute Gasteiger partial charge is 0.252 e.